The van der Waals surface area contributed by atoms with E-state index in [2.05, 4.69) is 36.4 Å². The lowest BCUT2D eigenvalue weighted by Crippen LogP contribution is -2.34. The van der Waals surface area contributed by atoms with Crippen molar-refractivity contribution in [1.82, 2.24) is 0 Å². The van der Waals surface area contributed by atoms with Gasteiger partial charge in [0.2, 0.25) is 0 Å². The maximum absolute atomic E-state index is 15.1. The molecule has 1 saturated carbocycles. The van der Waals surface area contributed by atoms with Gasteiger partial charge >= 0.3 is 24.3 Å². The second-order valence-corrected chi connectivity index (χ2v) is 25.3. The molecule has 12 aliphatic rings. The van der Waals surface area contributed by atoms with E-state index < -0.39 is 34.3 Å². The van der Waals surface area contributed by atoms with E-state index in [0.29, 0.717) is 47.9 Å². The number of esters is 2. The van der Waals surface area contributed by atoms with Crippen LogP contribution < -0.4 is 10.4 Å². The summed E-state index contributed by atoms with van der Waals surface area (Å²) in [6.45, 7) is 3.52. The third-order valence-electron chi connectivity index (χ3n) is 22.7. The number of halogens is 6. The maximum Gasteiger partial charge on any atom is 0.416 e. The number of hydrogen-bond acceptors (Lipinski definition) is 4. The Morgan fingerprint density at radius 2 is 1.19 bits per heavy atom. The van der Waals surface area contributed by atoms with Gasteiger partial charge in [-0.3, -0.25) is 9.59 Å². The van der Waals surface area contributed by atoms with E-state index in [-0.39, 0.29) is 72.1 Å². The molecule has 382 valence electrons. The number of carbonyl (C=O) groups excluding carboxylic acids is 2. The molecule has 0 spiro atoms. The van der Waals surface area contributed by atoms with Gasteiger partial charge in [0.1, 0.15) is 0 Å². The molecule has 0 aliphatic heterocycles. The lowest BCUT2D eigenvalue weighted by molar-refractivity contribution is -0.141. The van der Waals surface area contributed by atoms with E-state index in [4.69, 9.17) is 9.47 Å². The molecular weight excluding hydrogens is 995 g/mol. The topological polar surface area (TPSA) is 52.6 Å². The summed E-state index contributed by atoms with van der Waals surface area (Å²) in [5, 5.41) is 15.6. The molecule has 0 radical (unpaired) electrons. The first kappa shape index (κ1) is 42.8. The molecule has 8 aromatic rings. The van der Waals surface area contributed by atoms with E-state index in [0.717, 1.165) is 11.1 Å². The fourth-order valence-corrected chi connectivity index (χ4v) is 21.0. The Bertz CT molecular complexity index is 4800. The second-order valence-electron chi connectivity index (χ2n) is 25.3. The van der Waals surface area contributed by atoms with Crippen LogP contribution >= 0.6 is 0 Å². The van der Waals surface area contributed by atoms with Crippen molar-refractivity contribution in [2.75, 3.05) is 14.2 Å². The van der Waals surface area contributed by atoms with E-state index >= 15 is 26.3 Å². The number of carbonyl (C=O) groups is 2. The molecule has 78 heavy (non-hydrogen) atoms. The molecule has 10 atom stereocenters. The van der Waals surface area contributed by atoms with Gasteiger partial charge in [-0.2, -0.15) is 26.3 Å². The Kier molecular flexibility index (Phi) is 6.84. The van der Waals surface area contributed by atoms with Crippen LogP contribution in [-0.2, 0) is 42.2 Å². The Morgan fingerprint density at radius 1 is 0.564 bits per heavy atom. The van der Waals surface area contributed by atoms with Gasteiger partial charge in [0.25, 0.3) is 0 Å². The molecular formula is C68H44F6O4. The van der Waals surface area contributed by atoms with Gasteiger partial charge in [0.15, 0.2) is 0 Å². The van der Waals surface area contributed by atoms with Crippen LogP contribution in [0.5, 0.6) is 0 Å². The Hall–Kier alpha value is -7.20. The van der Waals surface area contributed by atoms with Crippen LogP contribution in [0.15, 0.2) is 112 Å². The summed E-state index contributed by atoms with van der Waals surface area (Å²) in [7, 11) is 2.77. The molecule has 10 unspecified atom stereocenters. The largest absolute Gasteiger partial charge is 0.469 e. The maximum atomic E-state index is 15.1. The van der Waals surface area contributed by atoms with Crippen molar-refractivity contribution >= 4 is 82.5 Å². The van der Waals surface area contributed by atoms with E-state index in [9.17, 15) is 9.59 Å². The molecule has 0 amide bonds. The van der Waals surface area contributed by atoms with Crippen LogP contribution in [0.25, 0.3) is 70.6 Å². The number of benzene rings is 6. The molecule has 4 nitrogen and oxygen atoms in total. The summed E-state index contributed by atoms with van der Waals surface area (Å²) < 4.78 is 101. The summed E-state index contributed by atoms with van der Waals surface area (Å²) in [5.74, 6) is -0.707. The monoisotopic (exact) mass is 1040 g/mol. The fraction of sp³-hybridized carbons (Fsp3) is 0.324. The first-order valence-electron chi connectivity index (χ1n) is 27.8. The molecule has 12 aliphatic carbocycles. The van der Waals surface area contributed by atoms with Crippen molar-refractivity contribution < 1.29 is 45.4 Å². The van der Waals surface area contributed by atoms with Crippen LogP contribution in [0.3, 0.4) is 0 Å². The van der Waals surface area contributed by atoms with Crippen LogP contribution in [-0.4, -0.2) is 26.2 Å². The highest BCUT2D eigenvalue weighted by atomic mass is 19.4. The van der Waals surface area contributed by atoms with E-state index in [1.54, 1.807) is 13.8 Å². The average molecular weight is 1040 g/mol. The molecule has 8 aromatic carbocycles. The first-order valence-corrected chi connectivity index (χ1v) is 27.8. The minimum absolute atomic E-state index is 0.00428. The van der Waals surface area contributed by atoms with Crippen LogP contribution in [0.1, 0.15) is 112 Å². The summed E-state index contributed by atoms with van der Waals surface area (Å²) in [6, 6.07) is 18.6. The van der Waals surface area contributed by atoms with Crippen molar-refractivity contribution in [3.05, 3.63) is 178 Å². The number of ether oxygens (including phenoxy) is 2. The van der Waals surface area contributed by atoms with Gasteiger partial charge in [0.05, 0.1) is 25.3 Å². The number of hydrogen-bond donors (Lipinski definition) is 0. The third-order valence-corrected chi connectivity index (χ3v) is 22.7. The summed E-state index contributed by atoms with van der Waals surface area (Å²) in [4.78, 5) is 26.0. The third kappa shape index (κ3) is 4.10. The molecule has 0 heterocycles. The molecule has 1 fully saturated rings. The lowest BCUT2D eigenvalue weighted by Gasteiger charge is -2.39. The van der Waals surface area contributed by atoms with Gasteiger partial charge in [-0.15, -0.1) is 0 Å². The van der Waals surface area contributed by atoms with Gasteiger partial charge < -0.3 is 9.47 Å². The smallest absolute Gasteiger partial charge is 0.416 e. The fourth-order valence-electron chi connectivity index (χ4n) is 21.0. The van der Waals surface area contributed by atoms with E-state index in [1.807, 2.05) is 12.1 Å². The summed E-state index contributed by atoms with van der Waals surface area (Å²) in [5.41, 5.74) is 17.5. The normalized spacial score (nSPS) is 30.4. The molecule has 0 saturated heterocycles. The summed E-state index contributed by atoms with van der Waals surface area (Å²) in [6.07, 6.45) is -2.20. The number of aryl methyl sites for hydroxylation is 2. The van der Waals surface area contributed by atoms with Gasteiger partial charge in [0, 0.05) is 53.3 Å². The predicted molar refractivity (Wildman–Crippen MR) is 284 cm³/mol. The Balaban J connectivity index is 0.928. The van der Waals surface area contributed by atoms with E-state index in [1.165, 1.54) is 170 Å². The van der Waals surface area contributed by atoms with Gasteiger partial charge in [-0.1, -0.05) is 65.3 Å². The van der Waals surface area contributed by atoms with Crippen molar-refractivity contribution in [2.24, 2.45) is 29.6 Å². The number of allylic oxidation sites excluding steroid dienone is 10. The van der Waals surface area contributed by atoms with Crippen molar-refractivity contribution in [3.63, 3.8) is 0 Å². The van der Waals surface area contributed by atoms with Crippen molar-refractivity contribution in [1.29, 1.82) is 0 Å². The minimum Gasteiger partial charge on any atom is -0.469 e. The number of fused-ring (bicyclic) bond motifs is 7. The molecule has 10 heteroatoms. The number of alkyl halides is 6. The highest BCUT2D eigenvalue weighted by Crippen LogP contribution is 2.85. The lowest BCUT2D eigenvalue weighted by atomic mass is 9.63. The molecule has 0 bridgehead atoms. The number of rotatable bonds is 10. The quantitative estimate of drug-likeness (QED) is 0.0593. The highest BCUT2D eigenvalue weighted by Gasteiger charge is 2.75. The molecule has 20 rings (SSSR count). The number of methoxy groups -OCH3 is 2. The van der Waals surface area contributed by atoms with Gasteiger partial charge in [-0.25, -0.2) is 0 Å². The summed E-state index contributed by atoms with van der Waals surface area (Å²) >= 11 is 0. The predicted octanol–water partition coefficient (Wildman–Crippen LogP) is 14.0. The molecule has 0 N–H and O–H groups in total. The zero-order valence-corrected chi connectivity index (χ0v) is 42.7. The highest BCUT2D eigenvalue weighted by molar-refractivity contribution is 6.47. The SMILES string of the molecule is COC(=O)CCCC1(c2cc(C)cc(C(F)(F)F)c2)C2=C1C1=c3ccc4c5ccc6c7c8c9c%10c%11c%12c(c3c4c(c%129)c75)C1C1C2=C2C=CC3C(C2=C%111)C=%10C1C3C2=C(C6C81)C2(CCCC(=O)OC)c1cc(C)cc(C(F)(F)F)c1. The standard InChI is InChI=1S/C68H44F6O4/c1-23-17-25(21-27(19-23)67(69,70)71)65(15-5-7-35(75)77-3)61-43-31-11-9-29-30-10-12-32-40-38(30)47-37(29)39(31)48-52(43)54-45(63(61)65)33-13-14-34-42-41(33)50(54)59-57(48)56(47)58-49(40)53-44(32)62-64(46(34)55(53)51(42)60(58)59)66(62,16-6-8-36(76)78-4)26-18-24(2)20-28(22-26)68(72,73)74/h9-14,17-22,33,41,43,45,52-55H,5-8,15-16H2,1-4H3. The zero-order chi connectivity index (χ0) is 52.4. The Labute approximate surface area is 441 Å². The van der Waals surface area contributed by atoms with Crippen molar-refractivity contribution in [3.8, 4) is 0 Å². The van der Waals surface area contributed by atoms with Crippen LogP contribution in [0, 0.1) is 43.4 Å². The Morgan fingerprint density at radius 3 is 1.87 bits per heavy atom. The van der Waals surface area contributed by atoms with Gasteiger partial charge in [-0.05, 0) is 229 Å². The second kappa shape index (κ2) is 12.5. The van der Waals surface area contributed by atoms with Crippen LogP contribution in [0.4, 0.5) is 26.3 Å². The zero-order valence-electron chi connectivity index (χ0n) is 42.7. The molecule has 0 aromatic heterocycles. The van der Waals surface area contributed by atoms with Crippen molar-refractivity contribution in [2.45, 2.75) is 93.3 Å². The first-order chi connectivity index (χ1) is 37.6. The van der Waals surface area contributed by atoms with Crippen LogP contribution in [0.2, 0.25) is 0 Å². The minimum atomic E-state index is -4.57. The average Bonchev–Trinajstić information content (AvgIpc) is 2.06.